The van der Waals surface area contributed by atoms with E-state index >= 15 is 0 Å². The van der Waals surface area contributed by atoms with Crippen molar-refractivity contribution in [3.05, 3.63) is 66.0 Å². The summed E-state index contributed by atoms with van der Waals surface area (Å²) in [4.78, 5) is 18.7. The number of hydrogen-bond donors (Lipinski definition) is 1. The summed E-state index contributed by atoms with van der Waals surface area (Å²) >= 11 is 0. The Hall–Kier alpha value is -2.97. The van der Waals surface area contributed by atoms with Crippen LogP contribution in [0.3, 0.4) is 0 Å². The topological polar surface area (TPSA) is 69.0 Å². The van der Waals surface area contributed by atoms with Gasteiger partial charge in [0.1, 0.15) is 6.07 Å². The number of nitriles is 1. The van der Waals surface area contributed by atoms with Crippen LogP contribution in [-0.4, -0.2) is 35.4 Å². The van der Waals surface area contributed by atoms with Gasteiger partial charge in [-0.15, -0.1) is 0 Å². The van der Waals surface area contributed by atoms with Crippen LogP contribution in [0.5, 0.6) is 0 Å². The SMILES string of the molecule is N#Cc1ccccc1NC(=O)CN1CC=C(c2ccccn2)CC1. The maximum absolute atomic E-state index is 12.2. The molecule has 1 amide bonds. The molecule has 0 bridgehead atoms. The summed E-state index contributed by atoms with van der Waals surface area (Å²) in [6, 6.07) is 15.0. The average molecular weight is 318 g/mol. The van der Waals surface area contributed by atoms with E-state index < -0.39 is 0 Å². The lowest BCUT2D eigenvalue weighted by molar-refractivity contribution is -0.117. The fourth-order valence-electron chi connectivity index (χ4n) is 2.72. The van der Waals surface area contributed by atoms with Gasteiger partial charge in [-0.3, -0.25) is 14.7 Å². The lowest BCUT2D eigenvalue weighted by atomic mass is 10.0. The molecule has 0 radical (unpaired) electrons. The van der Waals surface area contributed by atoms with Gasteiger partial charge in [0.2, 0.25) is 5.91 Å². The van der Waals surface area contributed by atoms with Crippen LogP contribution < -0.4 is 5.32 Å². The molecule has 2 heterocycles. The number of para-hydroxylation sites is 1. The molecular formula is C19H18N4O. The number of hydrogen-bond acceptors (Lipinski definition) is 4. The third kappa shape index (κ3) is 3.86. The first-order valence-corrected chi connectivity index (χ1v) is 7.88. The van der Waals surface area contributed by atoms with Gasteiger partial charge in [0.05, 0.1) is 23.5 Å². The molecule has 1 aliphatic rings. The standard InChI is InChI=1S/C19H18N4O/c20-13-16-5-1-2-7-18(16)22-19(24)14-23-11-8-15(9-12-23)17-6-3-4-10-21-17/h1-8,10H,9,11-12,14H2,(H,22,24). The number of nitrogens with one attached hydrogen (secondary N) is 1. The van der Waals surface area contributed by atoms with Crippen molar-refractivity contribution in [3.8, 4) is 6.07 Å². The average Bonchev–Trinajstić information content (AvgIpc) is 2.63. The van der Waals surface area contributed by atoms with Gasteiger partial charge in [-0.05, 0) is 36.3 Å². The number of nitrogens with zero attached hydrogens (tertiary/aromatic N) is 3. The molecule has 0 atom stereocenters. The van der Waals surface area contributed by atoms with Crippen molar-refractivity contribution in [2.75, 3.05) is 25.0 Å². The van der Waals surface area contributed by atoms with Crippen LogP contribution in [0.15, 0.2) is 54.7 Å². The normalized spacial score (nSPS) is 14.5. The number of carbonyl (C=O) groups excluding carboxylic acids is 1. The quantitative estimate of drug-likeness (QED) is 0.941. The lowest BCUT2D eigenvalue weighted by Gasteiger charge is -2.25. The first kappa shape index (κ1) is 15.9. The van der Waals surface area contributed by atoms with E-state index in [0.717, 1.165) is 25.2 Å². The summed E-state index contributed by atoms with van der Waals surface area (Å²) in [7, 11) is 0. The van der Waals surface area contributed by atoms with E-state index in [1.807, 2.05) is 18.2 Å². The van der Waals surface area contributed by atoms with Gasteiger partial charge in [0, 0.05) is 19.3 Å². The second-order valence-electron chi connectivity index (χ2n) is 5.64. The summed E-state index contributed by atoms with van der Waals surface area (Å²) in [6.45, 7) is 1.85. The van der Waals surface area contributed by atoms with Gasteiger partial charge in [-0.2, -0.15) is 5.26 Å². The van der Waals surface area contributed by atoms with E-state index in [-0.39, 0.29) is 5.91 Å². The predicted octanol–water partition coefficient (Wildman–Crippen LogP) is 2.68. The van der Waals surface area contributed by atoms with E-state index in [9.17, 15) is 4.79 Å². The molecule has 5 heteroatoms. The summed E-state index contributed by atoms with van der Waals surface area (Å²) in [5.41, 5.74) is 3.26. The molecule has 3 rings (SSSR count). The van der Waals surface area contributed by atoms with Crippen LogP contribution in [0.2, 0.25) is 0 Å². The molecular weight excluding hydrogens is 300 g/mol. The van der Waals surface area contributed by atoms with Crippen molar-refractivity contribution in [1.29, 1.82) is 5.26 Å². The highest BCUT2D eigenvalue weighted by molar-refractivity contribution is 5.93. The third-order valence-corrected chi connectivity index (χ3v) is 3.98. The minimum Gasteiger partial charge on any atom is -0.324 e. The van der Waals surface area contributed by atoms with Crippen molar-refractivity contribution in [3.63, 3.8) is 0 Å². The maximum Gasteiger partial charge on any atom is 0.238 e. The molecule has 1 aromatic carbocycles. The highest BCUT2D eigenvalue weighted by Crippen LogP contribution is 2.20. The highest BCUT2D eigenvalue weighted by atomic mass is 16.2. The lowest BCUT2D eigenvalue weighted by Crippen LogP contribution is -2.36. The van der Waals surface area contributed by atoms with Gasteiger partial charge >= 0.3 is 0 Å². The molecule has 0 spiro atoms. The predicted molar refractivity (Wildman–Crippen MR) is 93.1 cm³/mol. The molecule has 0 saturated heterocycles. The Morgan fingerprint density at radius 1 is 1.25 bits per heavy atom. The van der Waals surface area contributed by atoms with Crippen LogP contribution in [0.1, 0.15) is 17.7 Å². The monoisotopic (exact) mass is 318 g/mol. The van der Waals surface area contributed by atoms with Crippen LogP contribution in [0, 0.1) is 11.3 Å². The van der Waals surface area contributed by atoms with E-state index in [4.69, 9.17) is 5.26 Å². The Bertz CT molecular complexity index is 793. The Labute approximate surface area is 141 Å². The first-order chi connectivity index (χ1) is 11.8. The Morgan fingerprint density at radius 3 is 2.79 bits per heavy atom. The van der Waals surface area contributed by atoms with E-state index in [0.29, 0.717) is 17.8 Å². The van der Waals surface area contributed by atoms with Crippen LogP contribution in [0.25, 0.3) is 5.57 Å². The summed E-state index contributed by atoms with van der Waals surface area (Å²) < 4.78 is 0. The Balaban J connectivity index is 1.57. The second-order valence-corrected chi connectivity index (χ2v) is 5.64. The largest absolute Gasteiger partial charge is 0.324 e. The number of carbonyl (C=O) groups is 1. The van der Waals surface area contributed by atoms with Crippen LogP contribution >= 0.6 is 0 Å². The van der Waals surface area contributed by atoms with Crippen molar-refractivity contribution in [2.24, 2.45) is 0 Å². The number of benzene rings is 1. The van der Waals surface area contributed by atoms with Gasteiger partial charge in [0.25, 0.3) is 0 Å². The molecule has 0 saturated carbocycles. The third-order valence-electron chi connectivity index (χ3n) is 3.98. The van der Waals surface area contributed by atoms with Crippen molar-refractivity contribution < 1.29 is 4.79 Å². The van der Waals surface area contributed by atoms with E-state index in [1.54, 1.807) is 30.5 Å². The minimum absolute atomic E-state index is 0.104. The first-order valence-electron chi connectivity index (χ1n) is 7.88. The zero-order valence-corrected chi connectivity index (χ0v) is 13.3. The zero-order valence-electron chi connectivity index (χ0n) is 13.3. The molecule has 1 aromatic heterocycles. The smallest absolute Gasteiger partial charge is 0.238 e. The number of amides is 1. The Morgan fingerprint density at radius 2 is 2.08 bits per heavy atom. The summed E-state index contributed by atoms with van der Waals surface area (Å²) in [6.07, 6.45) is 4.80. The molecule has 1 N–H and O–H groups in total. The molecule has 120 valence electrons. The molecule has 0 aliphatic carbocycles. The van der Waals surface area contributed by atoms with Crippen molar-refractivity contribution in [2.45, 2.75) is 6.42 Å². The van der Waals surface area contributed by atoms with Gasteiger partial charge in [-0.1, -0.05) is 24.3 Å². The highest BCUT2D eigenvalue weighted by Gasteiger charge is 2.16. The Kier molecular flexibility index (Phi) is 4.99. The minimum atomic E-state index is -0.104. The molecule has 0 fully saturated rings. The van der Waals surface area contributed by atoms with Crippen LogP contribution in [0.4, 0.5) is 5.69 Å². The molecule has 0 unspecified atom stereocenters. The van der Waals surface area contributed by atoms with E-state index in [1.165, 1.54) is 5.57 Å². The van der Waals surface area contributed by atoms with E-state index in [2.05, 4.69) is 27.3 Å². The number of aromatic nitrogens is 1. The molecule has 24 heavy (non-hydrogen) atoms. The van der Waals surface area contributed by atoms with Gasteiger partial charge in [-0.25, -0.2) is 0 Å². The zero-order chi connectivity index (χ0) is 16.8. The van der Waals surface area contributed by atoms with Crippen LogP contribution in [-0.2, 0) is 4.79 Å². The van der Waals surface area contributed by atoms with Crippen molar-refractivity contribution in [1.82, 2.24) is 9.88 Å². The van der Waals surface area contributed by atoms with Gasteiger partial charge < -0.3 is 5.32 Å². The molecule has 5 nitrogen and oxygen atoms in total. The second kappa shape index (κ2) is 7.53. The summed E-state index contributed by atoms with van der Waals surface area (Å²) in [5.74, 6) is -0.104. The fraction of sp³-hybridized carbons (Fsp3) is 0.211. The number of rotatable bonds is 4. The molecule has 1 aliphatic heterocycles. The fourth-order valence-corrected chi connectivity index (χ4v) is 2.72. The van der Waals surface area contributed by atoms with Gasteiger partial charge in [0.15, 0.2) is 0 Å². The molecule has 2 aromatic rings. The number of anilines is 1. The summed E-state index contributed by atoms with van der Waals surface area (Å²) in [5, 5.41) is 11.9. The number of pyridine rings is 1. The van der Waals surface area contributed by atoms with Crippen molar-refractivity contribution >= 4 is 17.2 Å². The maximum atomic E-state index is 12.2.